The summed E-state index contributed by atoms with van der Waals surface area (Å²) in [4.78, 5) is 25.0. The van der Waals surface area contributed by atoms with Crippen LogP contribution in [0, 0.1) is 0 Å². The van der Waals surface area contributed by atoms with Gasteiger partial charge in [0.2, 0.25) is 0 Å². The highest BCUT2D eigenvalue weighted by Gasteiger charge is 2.32. The maximum Gasteiger partial charge on any atom is 0.416 e. The van der Waals surface area contributed by atoms with Crippen LogP contribution in [0.5, 0.6) is 0 Å². The lowest BCUT2D eigenvalue weighted by molar-refractivity contribution is -0.137. The second-order valence-corrected chi connectivity index (χ2v) is 6.03. The second kappa shape index (κ2) is 6.64. The molecule has 140 valence electrons. The van der Waals surface area contributed by atoms with Gasteiger partial charge in [0, 0.05) is 24.6 Å². The molecule has 2 N–H and O–H groups in total. The molecule has 0 atom stereocenters. The predicted molar refractivity (Wildman–Crippen MR) is 88.1 cm³/mol. The van der Waals surface area contributed by atoms with Gasteiger partial charge in [-0.05, 0) is 25.0 Å². The fraction of sp³-hybridized carbons (Fsp3) is 0.412. The minimum Gasteiger partial charge on any atom is -0.465 e. The molecule has 2 aromatic rings. The number of nitrogen functional groups attached to an aromatic ring is 1. The van der Waals surface area contributed by atoms with Gasteiger partial charge in [0.1, 0.15) is 5.56 Å². The van der Waals surface area contributed by atoms with Crippen LogP contribution in [0.15, 0.2) is 23.0 Å². The lowest BCUT2D eigenvalue weighted by atomic mass is 10.0. The van der Waals surface area contributed by atoms with E-state index in [1.54, 1.807) is 0 Å². The lowest BCUT2D eigenvalue weighted by Gasteiger charge is -2.27. The van der Waals surface area contributed by atoms with Crippen molar-refractivity contribution in [2.45, 2.75) is 25.1 Å². The number of benzene rings is 1. The first-order valence-electron chi connectivity index (χ1n) is 7.96. The van der Waals surface area contributed by atoms with E-state index in [9.17, 15) is 22.8 Å². The Bertz CT molecular complexity index is 915. The second-order valence-electron chi connectivity index (χ2n) is 6.03. The third-order valence-electron chi connectivity index (χ3n) is 4.52. The molecule has 0 unspecified atom stereocenters. The van der Waals surface area contributed by atoms with Gasteiger partial charge in [-0.3, -0.25) is 4.79 Å². The first kappa shape index (κ1) is 18.2. The van der Waals surface area contributed by atoms with E-state index in [0.29, 0.717) is 26.1 Å². The van der Waals surface area contributed by atoms with Crippen LogP contribution in [-0.2, 0) is 15.7 Å². The van der Waals surface area contributed by atoms with Crippen molar-refractivity contribution in [1.82, 2.24) is 4.57 Å². The number of esters is 1. The number of halogens is 3. The minimum absolute atomic E-state index is 0.0434. The van der Waals surface area contributed by atoms with Crippen molar-refractivity contribution in [3.05, 3.63) is 39.7 Å². The number of nitrogens with zero attached hydrogens (tertiary/aromatic N) is 1. The maximum atomic E-state index is 13.1. The third kappa shape index (κ3) is 3.03. The molecule has 1 saturated heterocycles. The molecular formula is C17H17F3N2O4. The summed E-state index contributed by atoms with van der Waals surface area (Å²) in [5.74, 6) is -0.921. The number of fused-ring (bicyclic) bond motifs is 1. The Balaban J connectivity index is 2.38. The minimum atomic E-state index is -4.57. The number of carbonyl (C=O) groups excluding carboxylic acids is 1. The molecule has 1 aliphatic rings. The number of carbonyl (C=O) groups is 1. The van der Waals surface area contributed by atoms with Crippen LogP contribution in [0.1, 0.15) is 34.8 Å². The van der Waals surface area contributed by atoms with Gasteiger partial charge in [0.25, 0.3) is 5.56 Å². The fourth-order valence-corrected chi connectivity index (χ4v) is 3.22. The topological polar surface area (TPSA) is 83.6 Å². The third-order valence-corrected chi connectivity index (χ3v) is 4.52. The number of nitrogens with two attached hydrogens (primary N) is 1. The number of methoxy groups -OCH3 is 1. The molecule has 0 radical (unpaired) electrons. The SMILES string of the molecule is COC(=O)c1c(N)c2ccc(C(F)(F)F)cc2n(C2CCOCC2)c1=O. The summed E-state index contributed by atoms with van der Waals surface area (Å²) in [7, 11) is 1.11. The summed E-state index contributed by atoms with van der Waals surface area (Å²) in [6.07, 6.45) is -3.69. The molecule has 3 rings (SSSR count). The predicted octanol–water partition coefficient (Wildman–Crippen LogP) is 2.74. The summed E-state index contributed by atoms with van der Waals surface area (Å²) in [6.45, 7) is 0.741. The van der Waals surface area contributed by atoms with Crippen LogP contribution >= 0.6 is 0 Å². The highest BCUT2D eigenvalue weighted by atomic mass is 19.4. The van der Waals surface area contributed by atoms with Gasteiger partial charge in [0.15, 0.2) is 0 Å². The van der Waals surface area contributed by atoms with Crippen molar-refractivity contribution in [2.24, 2.45) is 0 Å². The highest BCUT2D eigenvalue weighted by molar-refractivity contribution is 6.04. The van der Waals surface area contributed by atoms with Crippen LogP contribution in [-0.4, -0.2) is 30.9 Å². The van der Waals surface area contributed by atoms with E-state index in [1.165, 1.54) is 10.6 Å². The Hall–Kier alpha value is -2.55. The number of hydrogen-bond donors (Lipinski definition) is 1. The summed E-state index contributed by atoms with van der Waals surface area (Å²) in [6, 6.07) is 2.54. The Kier molecular flexibility index (Phi) is 4.66. The molecule has 1 fully saturated rings. The Morgan fingerprint density at radius 3 is 2.54 bits per heavy atom. The number of anilines is 1. The van der Waals surface area contributed by atoms with Crippen LogP contribution in [0.25, 0.3) is 10.9 Å². The summed E-state index contributed by atoms with van der Waals surface area (Å²) in [5.41, 5.74) is 3.77. The fourth-order valence-electron chi connectivity index (χ4n) is 3.22. The molecule has 0 spiro atoms. The van der Waals surface area contributed by atoms with Crippen molar-refractivity contribution >= 4 is 22.6 Å². The van der Waals surface area contributed by atoms with Gasteiger partial charge in [-0.2, -0.15) is 13.2 Å². The Labute approximate surface area is 146 Å². The molecule has 26 heavy (non-hydrogen) atoms. The molecule has 0 aliphatic carbocycles. The number of pyridine rings is 1. The van der Waals surface area contributed by atoms with Gasteiger partial charge in [-0.1, -0.05) is 6.07 Å². The average molecular weight is 370 g/mol. The smallest absolute Gasteiger partial charge is 0.416 e. The largest absolute Gasteiger partial charge is 0.465 e. The van der Waals surface area contributed by atoms with Crippen LogP contribution in [0.3, 0.4) is 0 Å². The lowest BCUT2D eigenvalue weighted by Crippen LogP contribution is -2.34. The molecule has 0 saturated carbocycles. The average Bonchev–Trinajstić information content (AvgIpc) is 2.61. The molecule has 6 nitrogen and oxygen atoms in total. The van der Waals surface area contributed by atoms with Crippen molar-refractivity contribution in [3.63, 3.8) is 0 Å². The van der Waals surface area contributed by atoms with E-state index in [-0.39, 0.29) is 22.2 Å². The molecule has 1 aromatic heterocycles. The molecule has 9 heteroatoms. The zero-order valence-electron chi connectivity index (χ0n) is 13.9. The Morgan fingerprint density at radius 1 is 1.31 bits per heavy atom. The maximum absolute atomic E-state index is 13.1. The van der Waals surface area contributed by atoms with Crippen LogP contribution in [0.4, 0.5) is 18.9 Å². The molecule has 0 bridgehead atoms. The standard InChI is InChI=1S/C17H17F3N2O4/c1-25-16(24)13-14(21)11-3-2-9(17(18,19)20)8-12(11)22(15(13)23)10-4-6-26-7-5-10/h2-3,8,10H,4-7,21H2,1H3. The van der Waals surface area contributed by atoms with Crippen molar-refractivity contribution < 1.29 is 27.4 Å². The number of aromatic nitrogens is 1. The zero-order chi connectivity index (χ0) is 19.1. The van der Waals surface area contributed by atoms with Crippen molar-refractivity contribution in [3.8, 4) is 0 Å². The van der Waals surface area contributed by atoms with E-state index < -0.39 is 29.3 Å². The summed E-state index contributed by atoms with van der Waals surface area (Å²) in [5, 5.41) is 0.199. The van der Waals surface area contributed by atoms with Crippen molar-refractivity contribution in [2.75, 3.05) is 26.1 Å². The number of ether oxygens (including phenoxy) is 2. The van der Waals surface area contributed by atoms with Gasteiger partial charge in [0.05, 0.1) is 23.9 Å². The summed E-state index contributed by atoms with van der Waals surface area (Å²) < 4.78 is 50.5. The molecular weight excluding hydrogens is 353 g/mol. The molecule has 1 aliphatic heterocycles. The normalized spacial score (nSPS) is 16.0. The highest BCUT2D eigenvalue weighted by Crippen LogP contribution is 2.35. The number of alkyl halides is 3. The van der Waals surface area contributed by atoms with Crippen molar-refractivity contribution in [1.29, 1.82) is 0 Å². The molecule has 2 heterocycles. The van der Waals surface area contributed by atoms with E-state index in [0.717, 1.165) is 19.2 Å². The number of rotatable bonds is 2. The van der Waals surface area contributed by atoms with E-state index >= 15 is 0 Å². The summed E-state index contributed by atoms with van der Waals surface area (Å²) >= 11 is 0. The van der Waals surface area contributed by atoms with Gasteiger partial charge in [-0.15, -0.1) is 0 Å². The van der Waals surface area contributed by atoms with Gasteiger partial charge >= 0.3 is 12.1 Å². The van der Waals surface area contributed by atoms with E-state index in [4.69, 9.17) is 10.5 Å². The number of hydrogen-bond acceptors (Lipinski definition) is 5. The quantitative estimate of drug-likeness (QED) is 0.822. The van der Waals surface area contributed by atoms with E-state index in [2.05, 4.69) is 4.74 Å². The van der Waals surface area contributed by atoms with Gasteiger partial charge < -0.3 is 19.8 Å². The van der Waals surface area contributed by atoms with E-state index in [1.807, 2.05) is 0 Å². The van der Waals surface area contributed by atoms with Crippen LogP contribution in [0.2, 0.25) is 0 Å². The monoisotopic (exact) mass is 370 g/mol. The first-order valence-corrected chi connectivity index (χ1v) is 7.96. The van der Waals surface area contributed by atoms with Crippen LogP contribution < -0.4 is 11.3 Å². The molecule has 1 aromatic carbocycles. The molecule has 0 amide bonds. The Morgan fingerprint density at radius 2 is 1.96 bits per heavy atom. The van der Waals surface area contributed by atoms with Gasteiger partial charge in [-0.25, -0.2) is 4.79 Å². The first-order chi connectivity index (χ1) is 12.3. The zero-order valence-corrected chi connectivity index (χ0v) is 13.9.